The van der Waals surface area contributed by atoms with E-state index in [0.29, 0.717) is 34.0 Å². The molecule has 0 N–H and O–H groups in total. The van der Waals surface area contributed by atoms with Gasteiger partial charge in [-0.1, -0.05) is 35.9 Å². The average Bonchev–Trinajstić information content (AvgIpc) is 3.48. The van der Waals surface area contributed by atoms with E-state index in [1.165, 1.54) is 61.8 Å². The summed E-state index contributed by atoms with van der Waals surface area (Å²) in [4.78, 5) is 26.2. The summed E-state index contributed by atoms with van der Waals surface area (Å²) in [7, 11) is -2.56. The van der Waals surface area contributed by atoms with Crippen LogP contribution in [0.1, 0.15) is 36.0 Å². The average molecular weight is 761 g/mol. The monoisotopic (exact) mass is 760 g/mol. The van der Waals surface area contributed by atoms with Crippen LogP contribution in [-0.2, 0) is 30.3 Å². The van der Waals surface area contributed by atoms with E-state index in [1.807, 2.05) is 13.0 Å². The summed E-state index contributed by atoms with van der Waals surface area (Å²) in [6, 6.07) is 19.9. The molecule has 0 saturated heterocycles. The number of allylic oxidation sites excluding steroid dienone is 2. The molecule has 4 aromatic carbocycles. The molecule has 0 aromatic heterocycles. The number of fused-ring (bicyclic) bond motifs is 3. The molecule has 3 aliphatic rings. The SMILES string of the molecule is COc1cccc2c1N1C(=O)CCC3=C1C2(c1ccc(N(C)S(=O)(=O)c2ccc(C)cc2)c(OC)c1OC)CCN3S(=O)(=O)c1ccc([N+](=O)[O-])cc1. The molecule has 0 aliphatic carbocycles. The lowest BCUT2D eigenvalue weighted by atomic mass is 9.68. The summed E-state index contributed by atoms with van der Waals surface area (Å²) < 4.78 is 76.5. The van der Waals surface area contributed by atoms with Gasteiger partial charge < -0.3 is 14.2 Å². The Bertz CT molecular complexity index is 2430. The highest BCUT2D eigenvalue weighted by atomic mass is 32.2. The lowest BCUT2D eigenvalue weighted by Gasteiger charge is -2.46. The molecule has 14 nitrogen and oxygen atoms in total. The maximum absolute atomic E-state index is 14.3. The molecule has 276 valence electrons. The molecule has 0 fully saturated rings. The maximum Gasteiger partial charge on any atom is 0.269 e. The molecule has 0 radical (unpaired) electrons. The number of anilines is 2. The van der Waals surface area contributed by atoms with E-state index in [4.69, 9.17) is 14.2 Å². The predicted molar refractivity (Wildman–Crippen MR) is 195 cm³/mol. The van der Waals surface area contributed by atoms with E-state index in [2.05, 4.69) is 0 Å². The highest BCUT2D eigenvalue weighted by Gasteiger charge is 2.59. The summed E-state index contributed by atoms with van der Waals surface area (Å²) in [6.07, 6.45) is 0.210. The second kappa shape index (κ2) is 12.8. The van der Waals surface area contributed by atoms with Crippen molar-refractivity contribution in [1.82, 2.24) is 4.31 Å². The minimum Gasteiger partial charge on any atom is -0.495 e. The van der Waals surface area contributed by atoms with Gasteiger partial charge in [0.1, 0.15) is 5.75 Å². The Hall–Kier alpha value is -5.61. The summed E-state index contributed by atoms with van der Waals surface area (Å²) in [5.74, 6) is 0.445. The number of nitro groups is 1. The first-order valence-corrected chi connectivity index (χ1v) is 19.4. The number of benzene rings is 4. The van der Waals surface area contributed by atoms with Gasteiger partial charge in [-0.3, -0.25) is 28.4 Å². The smallest absolute Gasteiger partial charge is 0.269 e. The Morgan fingerprint density at radius 1 is 0.811 bits per heavy atom. The van der Waals surface area contributed by atoms with Gasteiger partial charge in [-0.15, -0.1) is 0 Å². The molecule has 1 amide bonds. The zero-order valence-corrected chi connectivity index (χ0v) is 31.2. The molecule has 7 rings (SSSR count). The van der Waals surface area contributed by atoms with E-state index in [-0.39, 0.29) is 64.4 Å². The van der Waals surface area contributed by atoms with Gasteiger partial charge in [0.05, 0.1) is 64.2 Å². The largest absolute Gasteiger partial charge is 0.495 e. The van der Waals surface area contributed by atoms with Crippen LogP contribution in [0.5, 0.6) is 17.2 Å². The van der Waals surface area contributed by atoms with Crippen molar-refractivity contribution in [3.63, 3.8) is 0 Å². The van der Waals surface area contributed by atoms with Crippen molar-refractivity contribution in [3.8, 4) is 17.2 Å². The van der Waals surface area contributed by atoms with Crippen LogP contribution >= 0.6 is 0 Å². The fourth-order valence-electron chi connectivity index (χ4n) is 7.75. The van der Waals surface area contributed by atoms with Crippen LogP contribution in [0, 0.1) is 17.0 Å². The van der Waals surface area contributed by atoms with Crippen molar-refractivity contribution in [2.24, 2.45) is 0 Å². The van der Waals surface area contributed by atoms with Gasteiger partial charge in [0.2, 0.25) is 5.91 Å². The van der Waals surface area contributed by atoms with E-state index >= 15 is 0 Å². The molecule has 1 atom stereocenters. The number of sulfonamides is 2. The third kappa shape index (κ3) is 5.22. The number of amides is 1. The normalized spacial score (nSPS) is 18.0. The van der Waals surface area contributed by atoms with Gasteiger partial charge in [0, 0.05) is 37.7 Å². The van der Waals surface area contributed by atoms with Gasteiger partial charge >= 0.3 is 0 Å². The molecule has 53 heavy (non-hydrogen) atoms. The Labute approximate surface area is 307 Å². The fourth-order valence-corrected chi connectivity index (χ4v) is 10.5. The second-order valence-corrected chi connectivity index (χ2v) is 16.7. The lowest BCUT2D eigenvalue weighted by molar-refractivity contribution is -0.384. The van der Waals surface area contributed by atoms with E-state index in [0.717, 1.165) is 22.0 Å². The van der Waals surface area contributed by atoms with Crippen LogP contribution in [0.2, 0.25) is 0 Å². The van der Waals surface area contributed by atoms with Crippen LogP contribution in [0.3, 0.4) is 0 Å². The van der Waals surface area contributed by atoms with E-state index < -0.39 is 30.4 Å². The molecular weight excluding hydrogens is 725 g/mol. The number of carbonyl (C=O) groups is 1. The number of para-hydroxylation sites is 1. The number of aryl methyl sites for hydroxylation is 1. The Morgan fingerprint density at radius 3 is 2.09 bits per heavy atom. The van der Waals surface area contributed by atoms with Crippen molar-refractivity contribution in [2.75, 3.05) is 44.1 Å². The number of ether oxygens (including phenoxy) is 3. The van der Waals surface area contributed by atoms with Crippen molar-refractivity contribution >= 4 is 43.0 Å². The molecule has 3 heterocycles. The van der Waals surface area contributed by atoms with Crippen LogP contribution < -0.4 is 23.4 Å². The first kappa shape index (κ1) is 35.8. The number of rotatable bonds is 10. The van der Waals surface area contributed by atoms with E-state index in [9.17, 15) is 31.7 Å². The van der Waals surface area contributed by atoms with Gasteiger partial charge in [-0.2, -0.15) is 0 Å². The predicted octanol–water partition coefficient (Wildman–Crippen LogP) is 5.49. The van der Waals surface area contributed by atoms with Gasteiger partial charge in [-0.25, -0.2) is 16.8 Å². The molecule has 0 saturated carbocycles. The highest BCUT2D eigenvalue weighted by Crippen LogP contribution is 2.64. The first-order chi connectivity index (χ1) is 25.2. The minimum absolute atomic E-state index is 0.000256. The van der Waals surface area contributed by atoms with Crippen LogP contribution in [0.15, 0.2) is 100 Å². The zero-order valence-electron chi connectivity index (χ0n) is 29.5. The fraction of sp³-hybridized carbons (Fsp3) is 0.270. The third-order valence-corrected chi connectivity index (χ3v) is 13.9. The number of nitro benzene ring substituents is 1. The number of methoxy groups -OCH3 is 3. The lowest BCUT2D eigenvalue weighted by Crippen LogP contribution is -2.49. The van der Waals surface area contributed by atoms with Crippen molar-refractivity contribution in [3.05, 3.63) is 117 Å². The number of carbonyl (C=O) groups excluding carboxylic acids is 1. The molecule has 16 heteroatoms. The van der Waals surface area contributed by atoms with Gasteiger partial charge in [0.25, 0.3) is 25.7 Å². The summed E-state index contributed by atoms with van der Waals surface area (Å²) in [6.45, 7) is 1.83. The molecular formula is C37H36N4O10S2. The maximum atomic E-state index is 14.3. The van der Waals surface area contributed by atoms with Crippen molar-refractivity contribution in [1.29, 1.82) is 0 Å². The van der Waals surface area contributed by atoms with Crippen LogP contribution in [0.4, 0.5) is 17.1 Å². The van der Waals surface area contributed by atoms with Crippen LogP contribution in [-0.4, -0.2) is 66.9 Å². The van der Waals surface area contributed by atoms with Crippen molar-refractivity contribution < 1.29 is 40.8 Å². The Balaban J connectivity index is 1.47. The quantitative estimate of drug-likeness (QED) is 0.149. The summed E-state index contributed by atoms with van der Waals surface area (Å²) in [5, 5.41) is 11.3. The summed E-state index contributed by atoms with van der Waals surface area (Å²) in [5.41, 5.74) is 2.08. The molecule has 0 bridgehead atoms. The number of non-ortho nitro benzene ring substituents is 1. The molecule has 4 aromatic rings. The second-order valence-electron chi connectivity index (χ2n) is 12.8. The molecule has 3 aliphatic heterocycles. The van der Waals surface area contributed by atoms with Gasteiger partial charge in [0.15, 0.2) is 11.5 Å². The summed E-state index contributed by atoms with van der Waals surface area (Å²) >= 11 is 0. The Morgan fingerprint density at radius 2 is 1.47 bits per heavy atom. The molecule has 1 unspecified atom stereocenters. The standard InChI is InChI=1S/C37H36N4O10S2/c1-23-9-13-25(14-10-23)52(45,46)38(2)29-18-17-28(34(50-4)35(29)51-5)37-21-22-39(53(47,48)26-15-11-24(12-16-26)41(43)44)30-19-20-32(42)40(36(30)37)33-27(37)7-6-8-31(33)49-3/h6-18H,19-22H2,1-5H3. The van der Waals surface area contributed by atoms with Crippen LogP contribution in [0.25, 0.3) is 0 Å². The highest BCUT2D eigenvalue weighted by molar-refractivity contribution is 7.92. The van der Waals surface area contributed by atoms with Gasteiger partial charge in [-0.05, 0) is 61.7 Å². The third-order valence-electron chi connectivity index (χ3n) is 10.2. The number of hydrogen-bond donors (Lipinski definition) is 0. The topological polar surface area (TPSA) is 166 Å². The minimum atomic E-state index is -4.26. The number of nitrogens with zero attached hydrogens (tertiary/aromatic N) is 4. The van der Waals surface area contributed by atoms with Crippen molar-refractivity contribution in [2.45, 2.75) is 41.4 Å². The Kier molecular flexibility index (Phi) is 8.64. The number of hydrogen-bond acceptors (Lipinski definition) is 10. The molecule has 0 spiro atoms. The zero-order chi connectivity index (χ0) is 38.0. The first-order valence-electron chi connectivity index (χ1n) is 16.6. The van der Waals surface area contributed by atoms with E-state index in [1.54, 1.807) is 36.4 Å².